The third-order valence-corrected chi connectivity index (χ3v) is 4.05. The molecule has 0 aliphatic rings. The Balaban J connectivity index is 2.16. The SMILES string of the molecule is CSc1ccc(C(=O)Nc2sccc2C(=O)O)cc1. The van der Waals surface area contributed by atoms with E-state index < -0.39 is 5.97 Å². The Morgan fingerprint density at radius 3 is 2.47 bits per heavy atom. The molecule has 0 atom stereocenters. The molecule has 2 aromatic rings. The van der Waals surface area contributed by atoms with E-state index in [1.54, 1.807) is 29.3 Å². The maximum atomic E-state index is 12.0. The van der Waals surface area contributed by atoms with Gasteiger partial charge in [0.25, 0.3) is 5.91 Å². The van der Waals surface area contributed by atoms with Crippen molar-refractivity contribution < 1.29 is 14.7 Å². The van der Waals surface area contributed by atoms with Gasteiger partial charge in [-0.3, -0.25) is 4.79 Å². The molecular weight excluding hydrogens is 282 g/mol. The lowest BCUT2D eigenvalue weighted by Gasteiger charge is -2.04. The number of benzene rings is 1. The molecule has 1 heterocycles. The highest BCUT2D eigenvalue weighted by molar-refractivity contribution is 7.98. The number of aromatic carboxylic acids is 1. The molecule has 2 rings (SSSR count). The molecule has 4 nitrogen and oxygen atoms in total. The van der Waals surface area contributed by atoms with Crippen LogP contribution in [0.4, 0.5) is 5.00 Å². The Morgan fingerprint density at radius 1 is 1.21 bits per heavy atom. The van der Waals surface area contributed by atoms with Crippen LogP contribution in [0.2, 0.25) is 0 Å². The third-order valence-electron chi connectivity index (χ3n) is 2.47. The monoisotopic (exact) mass is 293 g/mol. The fourth-order valence-electron chi connectivity index (χ4n) is 1.49. The number of thiophene rings is 1. The summed E-state index contributed by atoms with van der Waals surface area (Å²) in [5.74, 6) is -1.35. The summed E-state index contributed by atoms with van der Waals surface area (Å²) in [5, 5.41) is 13.6. The lowest BCUT2D eigenvalue weighted by Crippen LogP contribution is -2.13. The molecule has 0 spiro atoms. The van der Waals surface area contributed by atoms with Gasteiger partial charge in [-0.2, -0.15) is 0 Å². The first kappa shape index (κ1) is 13.6. The molecule has 1 aromatic heterocycles. The van der Waals surface area contributed by atoms with Crippen molar-refractivity contribution in [2.45, 2.75) is 4.90 Å². The number of thioether (sulfide) groups is 1. The zero-order valence-corrected chi connectivity index (χ0v) is 11.7. The highest BCUT2D eigenvalue weighted by Gasteiger charge is 2.14. The average Bonchev–Trinajstić information content (AvgIpc) is 2.87. The summed E-state index contributed by atoms with van der Waals surface area (Å²) in [5.41, 5.74) is 0.613. The number of anilines is 1. The van der Waals surface area contributed by atoms with Crippen LogP contribution in [-0.2, 0) is 0 Å². The third kappa shape index (κ3) is 3.15. The molecule has 98 valence electrons. The molecule has 0 aliphatic carbocycles. The minimum atomic E-state index is -1.05. The Morgan fingerprint density at radius 2 is 1.89 bits per heavy atom. The van der Waals surface area contributed by atoms with Crippen molar-refractivity contribution >= 4 is 40.0 Å². The fourth-order valence-corrected chi connectivity index (χ4v) is 2.67. The Hall–Kier alpha value is -1.79. The molecule has 0 unspecified atom stereocenters. The van der Waals surface area contributed by atoms with E-state index in [2.05, 4.69) is 5.32 Å². The first-order valence-corrected chi connectivity index (χ1v) is 7.48. The van der Waals surface area contributed by atoms with E-state index in [0.29, 0.717) is 10.6 Å². The second-order valence-corrected chi connectivity index (χ2v) is 5.45. The molecule has 0 aliphatic heterocycles. The topological polar surface area (TPSA) is 66.4 Å². The van der Waals surface area contributed by atoms with Gasteiger partial charge in [-0.25, -0.2) is 4.79 Å². The van der Waals surface area contributed by atoms with Gasteiger partial charge in [0.15, 0.2) is 0 Å². The summed E-state index contributed by atoms with van der Waals surface area (Å²) in [6.45, 7) is 0. The first-order valence-electron chi connectivity index (χ1n) is 5.38. The van der Waals surface area contributed by atoms with Crippen LogP contribution in [0.1, 0.15) is 20.7 Å². The smallest absolute Gasteiger partial charge is 0.338 e. The van der Waals surface area contributed by atoms with E-state index >= 15 is 0 Å². The Kier molecular flexibility index (Phi) is 4.24. The number of hydrogen-bond acceptors (Lipinski definition) is 4. The molecule has 19 heavy (non-hydrogen) atoms. The van der Waals surface area contributed by atoms with Gasteiger partial charge in [-0.15, -0.1) is 23.1 Å². The number of carboxylic acid groups (broad SMARTS) is 1. The van der Waals surface area contributed by atoms with Gasteiger partial charge in [0.05, 0.1) is 5.56 Å². The zero-order valence-electron chi connectivity index (χ0n) is 10.0. The number of hydrogen-bond donors (Lipinski definition) is 2. The molecule has 0 saturated heterocycles. The minimum Gasteiger partial charge on any atom is -0.478 e. The normalized spacial score (nSPS) is 10.2. The van der Waals surface area contributed by atoms with E-state index in [4.69, 9.17) is 5.11 Å². The number of carboxylic acids is 1. The molecule has 0 bridgehead atoms. The van der Waals surface area contributed by atoms with E-state index in [9.17, 15) is 9.59 Å². The van der Waals surface area contributed by atoms with Crippen LogP contribution in [-0.4, -0.2) is 23.2 Å². The summed E-state index contributed by atoms with van der Waals surface area (Å²) in [6.07, 6.45) is 1.96. The van der Waals surface area contributed by atoms with Crippen LogP contribution in [0.25, 0.3) is 0 Å². The molecule has 1 amide bonds. The number of carbonyl (C=O) groups is 2. The van der Waals surface area contributed by atoms with Crippen LogP contribution in [0, 0.1) is 0 Å². The van der Waals surface area contributed by atoms with Crippen molar-refractivity contribution in [1.82, 2.24) is 0 Å². The highest BCUT2D eigenvalue weighted by atomic mass is 32.2. The average molecular weight is 293 g/mol. The van der Waals surface area contributed by atoms with E-state index in [0.717, 1.165) is 4.90 Å². The molecular formula is C13H11NO3S2. The van der Waals surface area contributed by atoms with Gasteiger partial charge in [0.1, 0.15) is 5.00 Å². The summed E-state index contributed by atoms with van der Waals surface area (Å²) in [7, 11) is 0. The Labute approximate surface area is 118 Å². The molecule has 0 fully saturated rings. The predicted octanol–water partition coefficient (Wildman–Crippen LogP) is 3.42. The van der Waals surface area contributed by atoms with Crippen LogP contribution in [0.5, 0.6) is 0 Å². The first-order chi connectivity index (χ1) is 9.11. The molecule has 0 radical (unpaired) electrons. The van der Waals surface area contributed by atoms with Gasteiger partial charge < -0.3 is 10.4 Å². The number of nitrogens with one attached hydrogen (secondary N) is 1. The van der Waals surface area contributed by atoms with Crippen LogP contribution in [0.3, 0.4) is 0 Å². The number of amides is 1. The molecule has 6 heteroatoms. The van der Waals surface area contributed by atoms with Gasteiger partial charge in [0, 0.05) is 10.5 Å². The quantitative estimate of drug-likeness (QED) is 0.848. The van der Waals surface area contributed by atoms with Gasteiger partial charge in [-0.1, -0.05) is 0 Å². The van der Waals surface area contributed by atoms with Crippen molar-refractivity contribution in [1.29, 1.82) is 0 Å². The van der Waals surface area contributed by atoms with Crippen molar-refractivity contribution in [2.24, 2.45) is 0 Å². The second-order valence-electron chi connectivity index (χ2n) is 3.65. The van der Waals surface area contributed by atoms with Crippen molar-refractivity contribution in [3.63, 3.8) is 0 Å². The standard InChI is InChI=1S/C13H11NO3S2/c1-18-9-4-2-8(3-5-9)11(15)14-12-10(13(16)17)6-7-19-12/h2-7H,1H3,(H,14,15)(H,16,17). The summed E-state index contributed by atoms with van der Waals surface area (Å²) in [6, 6.07) is 8.61. The fraction of sp³-hybridized carbons (Fsp3) is 0.0769. The zero-order chi connectivity index (χ0) is 13.8. The maximum absolute atomic E-state index is 12.0. The summed E-state index contributed by atoms with van der Waals surface area (Å²) in [4.78, 5) is 24.0. The number of rotatable bonds is 4. The van der Waals surface area contributed by atoms with Gasteiger partial charge >= 0.3 is 5.97 Å². The lowest BCUT2D eigenvalue weighted by molar-refractivity contribution is 0.0698. The van der Waals surface area contributed by atoms with Crippen molar-refractivity contribution in [2.75, 3.05) is 11.6 Å². The lowest BCUT2D eigenvalue weighted by atomic mass is 10.2. The molecule has 0 saturated carbocycles. The summed E-state index contributed by atoms with van der Waals surface area (Å²) < 4.78 is 0. The van der Waals surface area contributed by atoms with Crippen LogP contribution >= 0.6 is 23.1 Å². The highest BCUT2D eigenvalue weighted by Crippen LogP contribution is 2.24. The largest absolute Gasteiger partial charge is 0.478 e. The second kappa shape index (κ2) is 5.90. The van der Waals surface area contributed by atoms with Crippen molar-refractivity contribution in [3.05, 3.63) is 46.8 Å². The van der Waals surface area contributed by atoms with Crippen LogP contribution in [0.15, 0.2) is 40.6 Å². The van der Waals surface area contributed by atoms with Gasteiger partial charge in [-0.05, 0) is 42.0 Å². The minimum absolute atomic E-state index is 0.110. The van der Waals surface area contributed by atoms with E-state index in [1.807, 2.05) is 18.4 Å². The van der Waals surface area contributed by atoms with E-state index in [1.165, 1.54) is 17.4 Å². The van der Waals surface area contributed by atoms with E-state index in [-0.39, 0.29) is 11.5 Å². The molecule has 2 N–H and O–H groups in total. The maximum Gasteiger partial charge on any atom is 0.338 e. The Bertz CT molecular complexity index is 605. The van der Waals surface area contributed by atoms with Crippen molar-refractivity contribution in [3.8, 4) is 0 Å². The van der Waals surface area contributed by atoms with Crippen LogP contribution < -0.4 is 5.32 Å². The molecule has 1 aromatic carbocycles. The van der Waals surface area contributed by atoms with Gasteiger partial charge in [0.2, 0.25) is 0 Å². The number of carbonyl (C=O) groups excluding carboxylic acids is 1. The predicted molar refractivity (Wildman–Crippen MR) is 77.5 cm³/mol. The summed E-state index contributed by atoms with van der Waals surface area (Å²) >= 11 is 2.79.